The van der Waals surface area contributed by atoms with Crippen LogP contribution in [0.1, 0.15) is 41.1 Å². The van der Waals surface area contributed by atoms with Gasteiger partial charge in [0, 0.05) is 12.5 Å². The predicted molar refractivity (Wildman–Crippen MR) is 119 cm³/mol. The van der Waals surface area contributed by atoms with Crippen molar-refractivity contribution in [1.29, 1.82) is 5.26 Å². The first kappa shape index (κ1) is 27.0. The van der Waals surface area contributed by atoms with E-state index >= 15 is 0 Å². The van der Waals surface area contributed by atoms with Gasteiger partial charge in [-0.2, -0.15) is 18.4 Å². The highest BCUT2D eigenvalue weighted by Gasteiger charge is 2.27. The molecule has 182 valence electrons. The average Bonchev–Trinajstić information content (AvgIpc) is 2.77. The Morgan fingerprint density at radius 3 is 2.38 bits per heavy atom. The summed E-state index contributed by atoms with van der Waals surface area (Å²) in [6.07, 6.45) is -8.28. The second kappa shape index (κ2) is 12.3. The SMILES string of the molecule is CN[C@H](C/C(=C(/C#N)C=O)c1ccc(C)cc1)c1ccc(OCCC(F)(F)F)cc1CC(F)F. The fourth-order valence-corrected chi connectivity index (χ4v) is 3.51. The molecule has 4 nitrogen and oxygen atoms in total. The van der Waals surface area contributed by atoms with E-state index < -0.39 is 38.1 Å². The van der Waals surface area contributed by atoms with Gasteiger partial charge in [-0.3, -0.25) is 4.79 Å². The zero-order valence-corrected chi connectivity index (χ0v) is 18.8. The molecule has 2 rings (SSSR count). The number of nitriles is 1. The highest BCUT2D eigenvalue weighted by molar-refractivity contribution is 5.92. The van der Waals surface area contributed by atoms with Gasteiger partial charge in [0.2, 0.25) is 6.43 Å². The fraction of sp³-hybridized carbons (Fsp3) is 0.360. The maximum atomic E-state index is 13.3. The van der Waals surface area contributed by atoms with Crippen LogP contribution < -0.4 is 10.1 Å². The van der Waals surface area contributed by atoms with E-state index in [1.807, 2.05) is 25.1 Å². The lowest BCUT2D eigenvalue weighted by Gasteiger charge is -2.23. The number of ether oxygens (including phenoxy) is 1. The number of hydrogen-bond acceptors (Lipinski definition) is 4. The number of carbonyl (C=O) groups is 1. The molecule has 0 bridgehead atoms. The van der Waals surface area contributed by atoms with Crippen LogP contribution >= 0.6 is 0 Å². The molecule has 0 aliphatic heterocycles. The molecular weight excluding hydrogens is 455 g/mol. The Bertz CT molecular complexity index is 1040. The summed E-state index contributed by atoms with van der Waals surface area (Å²) >= 11 is 0. The van der Waals surface area contributed by atoms with Crippen molar-refractivity contribution < 1.29 is 31.5 Å². The highest BCUT2D eigenvalue weighted by Crippen LogP contribution is 2.33. The van der Waals surface area contributed by atoms with Crippen LogP contribution in [0.4, 0.5) is 22.0 Å². The zero-order valence-electron chi connectivity index (χ0n) is 18.8. The Morgan fingerprint density at radius 1 is 1.18 bits per heavy atom. The number of allylic oxidation sites excluding steroid dienone is 1. The Morgan fingerprint density at radius 2 is 1.85 bits per heavy atom. The van der Waals surface area contributed by atoms with E-state index in [2.05, 4.69) is 5.32 Å². The number of nitrogens with one attached hydrogen (secondary N) is 1. The molecule has 0 spiro atoms. The number of carbonyl (C=O) groups excluding carboxylic acids is 1. The van der Waals surface area contributed by atoms with E-state index in [4.69, 9.17) is 4.74 Å². The number of benzene rings is 2. The summed E-state index contributed by atoms with van der Waals surface area (Å²) in [7, 11) is 1.62. The molecule has 0 amide bonds. The van der Waals surface area contributed by atoms with Crippen molar-refractivity contribution in [1.82, 2.24) is 5.32 Å². The van der Waals surface area contributed by atoms with E-state index in [9.17, 15) is 32.0 Å². The van der Waals surface area contributed by atoms with Crippen LogP contribution in [0.25, 0.3) is 5.57 Å². The van der Waals surface area contributed by atoms with Gasteiger partial charge < -0.3 is 10.1 Å². The monoisotopic (exact) mass is 480 g/mol. The molecule has 0 aliphatic carbocycles. The summed E-state index contributed by atoms with van der Waals surface area (Å²) in [5, 5.41) is 12.5. The summed E-state index contributed by atoms with van der Waals surface area (Å²) in [6.45, 7) is 1.26. The summed E-state index contributed by atoms with van der Waals surface area (Å²) in [5.74, 6) is 0.0541. The normalized spacial score (nSPS) is 13.3. The van der Waals surface area contributed by atoms with Crippen molar-refractivity contribution in [3.8, 4) is 11.8 Å². The van der Waals surface area contributed by atoms with Gasteiger partial charge in [0.15, 0.2) is 6.29 Å². The Kier molecular flexibility index (Phi) is 9.75. The van der Waals surface area contributed by atoms with Crippen molar-refractivity contribution >= 4 is 11.9 Å². The van der Waals surface area contributed by atoms with Crippen LogP contribution in [0.3, 0.4) is 0 Å². The van der Waals surface area contributed by atoms with E-state index in [1.165, 1.54) is 18.2 Å². The Labute approximate surface area is 195 Å². The number of nitrogens with zero attached hydrogens (tertiary/aromatic N) is 1. The molecule has 0 radical (unpaired) electrons. The van der Waals surface area contributed by atoms with Gasteiger partial charge in [-0.05, 0) is 54.8 Å². The predicted octanol–water partition coefficient (Wildman–Crippen LogP) is 5.96. The van der Waals surface area contributed by atoms with Crippen LogP contribution in [0.5, 0.6) is 5.75 Å². The zero-order chi connectivity index (χ0) is 25.3. The topological polar surface area (TPSA) is 62.1 Å². The second-order valence-corrected chi connectivity index (χ2v) is 7.70. The lowest BCUT2D eigenvalue weighted by atomic mass is 9.88. The molecule has 9 heteroatoms. The van der Waals surface area contributed by atoms with Crippen LogP contribution in [0.15, 0.2) is 48.0 Å². The van der Waals surface area contributed by atoms with E-state index in [0.29, 0.717) is 23.0 Å². The van der Waals surface area contributed by atoms with Gasteiger partial charge in [0.05, 0.1) is 18.6 Å². The number of halogens is 5. The molecular formula is C25H25F5N2O2. The second-order valence-electron chi connectivity index (χ2n) is 7.70. The molecule has 0 saturated carbocycles. The first-order chi connectivity index (χ1) is 16.1. The van der Waals surface area contributed by atoms with Gasteiger partial charge >= 0.3 is 6.18 Å². The largest absolute Gasteiger partial charge is 0.493 e. The van der Waals surface area contributed by atoms with Crippen molar-refractivity contribution in [3.05, 3.63) is 70.3 Å². The smallest absolute Gasteiger partial charge is 0.392 e. The van der Waals surface area contributed by atoms with Crippen molar-refractivity contribution in [3.63, 3.8) is 0 Å². The van der Waals surface area contributed by atoms with Gasteiger partial charge in [-0.15, -0.1) is 0 Å². The standard InChI is InChI=1S/C25H25F5N2O2/c1-16-3-5-17(6-4-16)22(19(14-31)15-33)13-23(32-2)21-8-7-20(11-18(21)12-24(26)27)34-10-9-25(28,29)30/h3-8,11,15,23-24,32H,9-10,12-13H2,1-2H3/b22-19+/t23-/m1/s1. The van der Waals surface area contributed by atoms with Gasteiger partial charge in [-0.25, -0.2) is 8.78 Å². The molecule has 2 aromatic carbocycles. The van der Waals surface area contributed by atoms with Gasteiger partial charge in [0.25, 0.3) is 0 Å². The van der Waals surface area contributed by atoms with Gasteiger partial charge in [0.1, 0.15) is 11.8 Å². The van der Waals surface area contributed by atoms with Crippen LogP contribution in [0.2, 0.25) is 0 Å². The lowest BCUT2D eigenvalue weighted by Crippen LogP contribution is -2.20. The molecule has 1 N–H and O–H groups in total. The maximum Gasteiger partial charge on any atom is 0.392 e. The minimum Gasteiger partial charge on any atom is -0.493 e. The number of hydrogen-bond donors (Lipinski definition) is 1. The Hall–Kier alpha value is -3.25. The number of aldehydes is 1. The third kappa shape index (κ3) is 7.96. The summed E-state index contributed by atoms with van der Waals surface area (Å²) in [5.41, 5.74) is 2.68. The molecule has 0 heterocycles. The van der Waals surface area contributed by atoms with Crippen LogP contribution in [-0.4, -0.2) is 32.5 Å². The third-order valence-electron chi connectivity index (χ3n) is 5.24. The number of rotatable bonds is 11. The minimum atomic E-state index is -4.39. The van der Waals surface area contributed by atoms with Gasteiger partial charge in [-0.1, -0.05) is 35.9 Å². The highest BCUT2D eigenvalue weighted by atomic mass is 19.4. The van der Waals surface area contributed by atoms with Crippen molar-refractivity contribution in [2.24, 2.45) is 0 Å². The first-order valence-corrected chi connectivity index (χ1v) is 10.5. The fourth-order valence-electron chi connectivity index (χ4n) is 3.51. The first-order valence-electron chi connectivity index (χ1n) is 10.5. The number of alkyl halides is 5. The lowest BCUT2D eigenvalue weighted by molar-refractivity contribution is -0.139. The summed E-state index contributed by atoms with van der Waals surface area (Å²) < 4.78 is 68.9. The maximum absolute atomic E-state index is 13.3. The van der Waals surface area contributed by atoms with E-state index in [-0.39, 0.29) is 23.3 Å². The molecule has 1 atom stereocenters. The third-order valence-corrected chi connectivity index (χ3v) is 5.24. The molecule has 0 aliphatic rings. The molecule has 0 aromatic heterocycles. The van der Waals surface area contributed by atoms with Crippen LogP contribution in [0, 0.1) is 18.3 Å². The summed E-state index contributed by atoms with van der Waals surface area (Å²) in [6, 6.07) is 12.8. The van der Waals surface area contributed by atoms with Crippen molar-refractivity contribution in [2.75, 3.05) is 13.7 Å². The Balaban J connectivity index is 2.42. The quantitative estimate of drug-likeness (QED) is 0.187. The summed E-state index contributed by atoms with van der Waals surface area (Å²) in [4.78, 5) is 11.6. The minimum absolute atomic E-state index is 0.0541. The van der Waals surface area contributed by atoms with E-state index in [1.54, 1.807) is 19.2 Å². The molecule has 0 fully saturated rings. The van der Waals surface area contributed by atoms with Crippen molar-refractivity contribution in [2.45, 2.75) is 44.8 Å². The van der Waals surface area contributed by atoms with E-state index in [0.717, 1.165) is 5.56 Å². The van der Waals surface area contributed by atoms with Crippen LogP contribution in [-0.2, 0) is 11.2 Å². The molecule has 0 saturated heterocycles. The molecule has 34 heavy (non-hydrogen) atoms. The number of aryl methyl sites for hydroxylation is 1. The molecule has 0 unspecified atom stereocenters. The average molecular weight is 480 g/mol. The molecule has 2 aromatic rings.